The summed E-state index contributed by atoms with van der Waals surface area (Å²) >= 11 is 3.37. The fourth-order valence-electron chi connectivity index (χ4n) is 2.57. The Morgan fingerprint density at radius 1 is 1.27 bits per heavy atom. The van der Waals surface area contributed by atoms with Crippen molar-refractivity contribution in [2.45, 2.75) is 25.8 Å². The van der Waals surface area contributed by atoms with E-state index in [1.54, 1.807) is 0 Å². The Hall–Kier alpha value is -0.910. The van der Waals surface area contributed by atoms with Crippen LogP contribution in [-0.2, 0) is 4.74 Å². The van der Waals surface area contributed by atoms with Crippen LogP contribution in [0.2, 0.25) is 0 Å². The molecule has 0 N–H and O–H groups in total. The summed E-state index contributed by atoms with van der Waals surface area (Å²) in [5, 5.41) is 0.928. The van der Waals surface area contributed by atoms with E-state index in [0.29, 0.717) is 19.8 Å². The molecule has 22 heavy (non-hydrogen) atoms. The van der Waals surface area contributed by atoms with E-state index in [1.165, 1.54) is 0 Å². The van der Waals surface area contributed by atoms with Gasteiger partial charge in [-0.3, -0.25) is 9.69 Å². The molecule has 0 amide bonds. The van der Waals surface area contributed by atoms with E-state index < -0.39 is 5.54 Å². The first kappa shape index (κ1) is 17.4. The van der Waals surface area contributed by atoms with Gasteiger partial charge in [-0.05, 0) is 44.5 Å². The standard InChI is InChI=1S/C17H24BrNO3/c1-17(2,19-9-12-21-13-10-19)16(20)14-4-6-15(7-5-14)22-11-3-8-18/h4-7H,3,8-13H2,1-2H3. The fourth-order valence-corrected chi connectivity index (χ4v) is 2.80. The summed E-state index contributed by atoms with van der Waals surface area (Å²) in [6.07, 6.45) is 0.963. The van der Waals surface area contributed by atoms with Gasteiger partial charge in [-0.15, -0.1) is 0 Å². The molecule has 0 radical (unpaired) electrons. The Kier molecular flexibility index (Phi) is 6.41. The molecule has 1 saturated heterocycles. The molecule has 1 aromatic rings. The van der Waals surface area contributed by atoms with Crippen LogP contribution in [0.4, 0.5) is 0 Å². The summed E-state index contributed by atoms with van der Waals surface area (Å²) in [6.45, 7) is 7.63. The molecule has 5 heteroatoms. The van der Waals surface area contributed by atoms with E-state index >= 15 is 0 Å². The summed E-state index contributed by atoms with van der Waals surface area (Å²) in [5.74, 6) is 0.947. The van der Waals surface area contributed by atoms with E-state index in [0.717, 1.165) is 36.2 Å². The number of rotatable bonds is 7. The number of carbonyl (C=O) groups excluding carboxylic acids is 1. The molecule has 2 rings (SSSR count). The average molecular weight is 370 g/mol. The summed E-state index contributed by atoms with van der Waals surface area (Å²) in [4.78, 5) is 15.0. The normalized spacial score (nSPS) is 16.5. The molecule has 0 atom stereocenters. The Bertz CT molecular complexity index is 481. The van der Waals surface area contributed by atoms with Crippen LogP contribution in [0.3, 0.4) is 0 Å². The first-order valence-corrected chi connectivity index (χ1v) is 8.84. The summed E-state index contributed by atoms with van der Waals surface area (Å²) in [5.41, 5.74) is 0.214. The molecule has 0 unspecified atom stereocenters. The minimum atomic E-state index is -0.512. The highest BCUT2D eigenvalue weighted by atomic mass is 79.9. The second-order valence-electron chi connectivity index (χ2n) is 5.90. The van der Waals surface area contributed by atoms with Gasteiger partial charge in [0.25, 0.3) is 0 Å². The first-order valence-electron chi connectivity index (χ1n) is 7.72. The zero-order valence-electron chi connectivity index (χ0n) is 13.3. The van der Waals surface area contributed by atoms with Crippen LogP contribution in [0.1, 0.15) is 30.6 Å². The number of morpholine rings is 1. The molecule has 1 aliphatic heterocycles. The van der Waals surface area contributed by atoms with Gasteiger partial charge < -0.3 is 9.47 Å². The highest BCUT2D eigenvalue weighted by Crippen LogP contribution is 2.23. The lowest BCUT2D eigenvalue weighted by molar-refractivity contribution is -0.00429. The number of hydrogen-bond donors (Lipinski definition) is 0. The molecular formula is C17H24BrNO3. The lowest BCUT2D eigenvalue weighted by Gasteiger charge is -2.39. The molecule has 0 aromatic heterocycles. The number of alkyl halides is 1. The monoisotopic (exact) mass is 369 g/mol. The number of benzene rings is 1. The van der Waals surface area contributed by atoms with Gasteiger partial charge in [0.15, 0.2) is 5.78 Å². The summed E-state index contributed by atoms with van der Waals surface area (Å²) < 4.78 is 11.0. The van der Waals surface area contributed by atoms with Gasteiger partial charge in [0, 0.05) is 24.0 Å². The lowest BCUT2D eigenvalue weighted by atomic mass is 9.91. The SMILES string of the molecule is CC(C)(C(=O)c1ccc(OCCCBr)cc1)N1CCOCC1. The minimum Gasteiger partial charge on any atom is -0.494 e. The molecule has 1 fully saturated rings. The van der Waals surface area contributed by atoms with Gasteiger partial charge in [0.2, 0.25) is 0 Å². The second-order valence-corrected chi connectivity index (χ2v) is 6.70. The molecule has 4 nitrogen and oxygen atoms in total. The van der Waals surface area contributed by atoms with Crippen molar-refractivity contribution in [3.05, 3.63) is 29.8 Å². The van der Waals surface area contributed by atoms with Gasteiger partial charge in [0.05, 0.1) is 25.4 Å². The minimum absolute atomic E-state index is 0.140. The molecule has 1 aromatic carbocycles. The number of ketones is 1. The van der Waals surface area contributed by atoms with E-state index in [2.05, 4.69) is 20.8 Å². The van der Waals surface area contributed by atoms with Gasteiger partial charge in [-0.2, -0.15) is 0 Å². The highest BCUT2D eigenvalue weighted by molar-refractivity contribution is 9.09. The molecule has 122 valence electrons. The molecule has 1 heterocycles. The third-order valence-electron chi connectivity index (χ3n) is 4.02. The Morgan fingerprint density at radius 2 is 1.91 bits per heavy atom. The van der Waals surface area contributed by atoms with E-state index in [4.69, 9.17) is 9.47 Å². The fraction of sp³-hybridized carbons (Fsp3) is 0.588. The Morgan fingerprint density at radius 3 is 2.50 bits per heavy atom. The van der Waals surface area contributed by atoms with Gasteiger partial charge >= 0.3 is 0 Å². The van der Waals surface area contributed by atoms with Crippen LogP contribution in [0.5, 0.6) is 5.75 Å². The van der Waals surface area contributed by atoms with Crippen molar-refractivity contribution in [2.24, 2.45) is 0 Å². The van der Waals surface area contributed by atoms with Crippen molar-refractivity contribution in [1.29, 1.82) is 0 Å². The van der Waals surface area contributed by atoms with Crippen molar-refractivity contribution < 1.29 is 14.3 Å². The lowest BCUT2D eigenvalue weighted by Crippen LogP contribution is -2.54. The quantitative estimate of drug-likeness (QED) is 0.420. The maximum absolute atomic E-state index is 12.8. The smallest absolute Gasteiger partial charge is 0.182 e. The van der Waals surface area contributed by atoms with Gasteiger partial charge in [-0.25, -0.2) is 0 Å². The van der Waals surface area contributed by atoms with Crippen molar-refractivity contribution in [3.8, 4) is 5.75 Å². The van der Waals surface area contributed by atoms with Crippen LogP contribution in [0.15, 0.2) is 24.3 Å². The maximum atomic E-state index is 12.8. The molecule has 1 aliphatic rings. The topological polar surface area (TPSA) is 38.8 Å². The van der Waals surface area contributed by atoms with Crippen molar-refractivity contribution >= 4 is 21.7 Å². The average Bonchev–Trinajstić information content (AvgIpc) is 2.56. The second kappa shape index (κ2) is 8.09. The largest absolute Gasteiger partial charge is 0.494 e. The Balaban J connectivity index is 2.01. The van der Waals surface area contributed by atoms with Gasteiger partial charge in [-0.1, -0.05) is 15.9 Å². The predicted octanol–water partition coefficient (Wildman–Crippen LogP) is 3.14. The number of halogens is 1. The molecule has 0 spiro atoms. The third kappa shape index (κ3) is 4.31. The molecule has 0 saturated carbocycles. The molecular weight excluding hydrogens is 346 g/mol. The van der Waals surface area contributed by atoms with Crippen molar-refractivity contribution in [2.75, 3.05) is 38.2 Å². The zero-order valence-corrected chi connectivity index (χ0v) is 14.9. The summed E-state index contributed by atoms with van der Waals surface area (Å²) in [7, 11) is 0. The number of hydrogen-bond acceptors (Lipinski definition) is 4. The van der Waals surface area contributed by atoms with Crippen LogP contribution in [0, 0.1) is 0 Å². The predicted molar refractivity (Wildman–Crippen MR) is 91.1 cm³/mol. The van der Waals surface area contributed by atoms with Crippen LogP contribution >= 0.6 is 15.9 Å². The van der Waals surface area contributed by atoms with Crippen molar-refractivity contribution in [3.63, 3.8) is 0 Å². The zero-order chi connectivity index (χ0) is 16.0. The number of ether oxygens (including phenoxy) is 2. The molecule has 0 bridgehead atoms. The van der Waals surface area contributed by atoms with Crippen LogP contribution in [-0.4, -0.2) is 54.5 Å². The Labute approximate surface area is 140 Å². The third-order valence-corrected chi connectivity index (χ3v) is 4.58. The van der Waals surface area contributed by atoms with Crippen LogP contribution < -0.4 is 4.74 Å². The van der Waals surface area contributed by atoms with Gasteiger partial charge in [0.1, 0.15) is 5.75 Å². The number of carbonyl (C=O) groups is 1. The van der Waals surface area contributed by atoms with E-state index in [1.807, 2.05) is 38.1 Å². The maximum Gasteiger partial charge on any atom is 0.182 e. The number of nitrogens with zero attached hydrogens (tertiary/aromatic N) is 1. The first-order chi connectivity index (χ1) is 10.6. The highest BCUT2D eigenvalue weighted by Gasteiger charge is 2.35. The van der Waals surface area contributed by atoms with E-state index in [-0.39, 0.29) is 5.78 Å². The number of Topliss-reactive ketones (excluding diaryl/α,β-unsaturated/α-hetero) is 1. The summed E-state index contributed by atoms with van der Waals surface area (Å²) in [6, 6.07) is 7.45. The van der Waals surface area contributed by atoms with Crippen LogP contribution in [0.25, 0.3) is 0 Å². The van der Waals surface area contributed by atoms with Crippen molar-refractivity contribution in [1.82, 2.24) is 4.90 Å². The van der Waals surface area contributed by atoms with E-state index in [9.17, 15) is 4.79 Å². The molecule has 0 aliphatic carbocycles.